The fourth-order valence-electron chi connectivity index (χ4n) is 2.85. The lowest BCUT2D eigenvalue weighted by Gasteiger charge is -2.23. The normalized spacial score (nSPS) is 18.2. The molecule has 2 aromatic rings. The van der Waals surface area contributed by atoms with Crippen LogP contribution in [0.5, 0.6) is 0 Å². The van der Waals surface area contributed by atoms with Gasteiger partial charge in [0, 0.05) is 5.25 Å². The molecule has 1 aliphatic rings. The Bertz CT molecular complexity index is 646. The number of hydrogen-bond acceptors (Lipinski definition) is 3. The van der Waals surface area contributed by atoms with Gasteiger partial charge in [-0.1, -0.05) is 31.4 Å². The molecule has 0 amide bonds. The molecule has 1 saturated carbocycles. The molecule has 1 atom stereocenters. The number of nitrogens with one attached hydrogen (secondary N) is 1. The van der Waals surface area contributed by atoms with Crippen LogP contribution in [-0.4, -0.2) is 15.2 Å². The first-order chi connectivity index (χ1) is 9.74. The van der Waals surface area contributed by atoms with E-state index in [-0.39, 0.29) is 10.8 Å². The van der Waals surface area contributed by atoms with Gasteiger partial charge in [0.25, 0.3) is 5.56 Å². The fraction of sp³-hybridized carbons (Fsp3) is 0.500. The van der Waals surface area contributed by atoms with E-state index in [1.165, 1.54) is 32.1 Å². The van der Waals surface area contributed by atoms with Crippen molar-refractivity contribution < 1.29 is 0 Å². The maximum Gasteiger partial charge on any atom is 0.258 e. The van der Waals surface area contributed by atoms with E-state index in [0.717, 1.165) is 16.6 Å². The summed E-state index contributed by atoms with van der Waals surface area (Å²) in [5.74, 6) is 0.810. The topological polar surface area (TPSA) is 45.8 Å². The van der Waals surface area contributed by atoms with Gasteiger partial charge >= 0.3 is 0 Å². The molecule has 1 aromatic carbocycles. The summed E-state index contributed by atoms with van der Waals surface area (Å²) in [4.78, 5) is 19.7. The lowest BCUT2D eigenvalue weighted by Crippen LogP contribution is -2.15. The van der Waals surface area contributed by atoms with Crippen molar-refractivity contribution in [3.63, 3.8) is 0 Å². The summed E-state index contributed by atoms with van der Waals surface area (Å²) in [6, 6.07) is 7.53. The number of nitrogens with zero attached hydrogens (tertiary/aromatic N) is 1. The van der Waals surface area contributed by atoms with Crippen molar-refractivity contribution in [2.45, 2.75) is 49.5 Å². The summed E-state index contributed by atoms with van der Waals surface area (Å²) in [5.41, 5.74) is 0.768. The zero-order valence-corrected chi connectivity index (χ0v) is 12.6. The van der Waals surface area contributed by atoms with Gasteiger partial charge in [0.1, 0.15) is 5.82 Å². The average molecular weight is 288 g/mol. The monoisotopic (exact) mass is 288 g/mol. The van der Waals surface area contributed by atoms with Crippen molar-refractivity contribution in [3.8, 4) is 0 Å². The van der Waals surface area contributed by atoms with Crippen LogP contribution in [0.2, 0.25) is 0 Å². The molecule has 1 aliphatic carbocycles. The molecule has 1 heterocycles. The molecule has 1 unspecified atom stereocenters. The van der Waals surface area contributed by atoms with E-state index in [1.54, 1.807) is 0 Å². The van der Waals surface area contributed by atoms with Crippen LogP contribution in [0.3, 0.4) is 0 Å². The molecule has 4 heteroatoms. The van der Waals surface area contributed by atoms with E-state index in [2.05, 4.69) is 16.9 Å². The Labute approximate surface area is 123 Å². The smallest absolute Gasteiger partial charge is 0.258 e. The van der Waals surface area contributed by atoms with Crippen LogP contribution < -0.4 is 5.56 Å². The third kappa shape index (κ3) is 2.90. The number of fused-ring (bicyclic) bond motifs is 1. The summed E-state index contributed by atoms with van der Waals surface area (Å²) >= 11 is 1.96. The summed E-state index contributed by atoms with van der Waals surface area (Å²) in [7, 11) is 0. The summed E-state index contributed by atoms with van der Waals surface area (Å²) in [6.45, 7) is 2.15. The summed E-state index contributed by atoms with van der Waals surface area (Å²) in [6.07, 6.45) is 6.65. The molecule has 0 radical (unpaired) electrons. The Kier molecular flexibility index (Phi) is 4.10. The second-order valence-corrected chi connectivity index (χ2v) is 7.15. The number of aromatic nitrogens is 2. The number of benzene rings is 1. The highest BCUT2D eigenvalue weighted by atomic mass is 32.2. The van der Waals surface area contributed by atoms with Crippen LogP contribution >= 0.6 is 11.8 Å². The van der Waals surface area contributed by atoms with E-state index in [9.17, 15) is 4.79 Å². The molecule has 0 aliphatic heterocycles. The van der Waals surface area contributed by atoms with Crippen molar-refractivity contribution in [1.29, 1.82) is 0 Å². The van der Waals surface area contributed by atoms with Crippen molar-refractivity contribution in [2.24, 2.45) is 0 Å². The van der Waals surface area contributed by atoms with Gasteiger partial charge in [0.2, 0.25) is 0 Å². The lowest BCUT2D eigenvalue weighted by molar-refractivity contribution is 0.515. The number of rotatable bonds is 3. The second kappa shape index (κ2) is 6.00. The van der Waals surface area contributed by atoms with E-state index >= 15 is 0 Å². The van der Waals surface area contributed by atoms with Gasteiger partial charge in [-0.15, -0.1) is 11.8 Å². The molecule has 0 bridgehead atoms. The maximum atomic E-state index is 12.1. The van der Waals surface area contributed by atoms with Gasteiger partial charge < -0.3 is 4.98 Å². The molecule has 3 rings (SSSR count). The largest absolute Gasteiger partial charge is 0.309 e. The minimum Gasteiger partial charge on any atom is -0.309 e. The van der Waals surface area contributed by atoms with Crippen LogP contribution in [0, 0.1) is 0 Å². The van der Waals surface area contributed by atoms with Gasteiger partial charge in [0.05, 0.1) is 16.2 Å². The standard InChI is InChI=1S/C16H20N2OS/c1-11(20-12-7-3-2-4-8-12)15-17-14-10-6-5-9-13(14)16(19)18-15/h5-6,9-12H,2-4,7-8H2,1H3,(H,17,18,19). The molecule has 20 heavy (non-hydrogen) atoms. The quantitative estimate of drug-likeness (QED) is 0.926. The minimum absolute atomic E-state index is 0.0262. The molecule has 0 spiro atoms. The van der Waals surface area contributed by atoms with E-state index in [4.69, 9.17) is 0 Å². The minimum atomic E-state index is -0.0262. The first-order valence-corrected chi connectivity index (χ1v) is 8.33. The highest BCUT2D eigenvalue weighted by Gasteiger charge is 2.19. The van der Waals surface area contributed by atoms with Gasteiger partial charge in [0.15, 0.2) is 0 Å². The summed E-state index contributed by atoms with van der Waals surface area (Å²) in [5, 5.41) is 1.64. The Morgan fingerprint density at radius 1 is 1.25 bits per heavy atom. The predicted molar refractivity (Wildman–Crippen MR) is 85.2 cm³/mol. The number of aromatic amines is 1. The van der Waals surface area contributed by atoms with E-state index in [1.807, 2.05) is 36.0 Å². The Morgan fingerprint density at radius 2 is 2.00 bits per heavy atom. The molecule has 1 fully saturated rings. The maximum absolute atomic E-state index is 12.1. The van der Waals surface area contributed by atoms with Gasteiger partial charge in [-0.05, 0) is 31.9 Å². The molecular formula is C16H20N2OS. The molecule has 0 saturated heterocycles. The molecule has 106 valence electrons. The second-order valence-electron chi connectivity index (χ2n) is 5.51. The lowest BCUT2D eigenvalue weighted by atomic mass is 10.0. The fourth-order valence-corrected chi connectivity index (χ4v) is 4.27. The van der Waals surface area contributed by atoms with Crippen molar-refractivity contribution in [3.05, 3.63) is 40.4 Å². The SMILES string of the molecule is CC(SC1CCCCC1)c1nc2ccccc2c(=O)[nH]1. The van der Waals surface area contributed by atoms with Crippen molar-refractivity contribution >= 4 is 22.7 Å². The zero-order valence-electron chi connectivity index (χ0n) is 11.8. The first-order valence-electron chi connectivity index (χ1n) is 7.38. The Balaban J connectivity index is 1.83. The Morgan fingerprint density at radius 3 is 2.80 bits per heavy atom. The van der Waals surface area contributed by atoms with Crippen LogP contribution in [0.25, 0.3) is 10.9 Å². The highest BCUT2D eigenvalue weighted by Crippen LogP contribution is 2.37. The van der Waals surface area contributed by atoms with Crippen molar-refractivity contribution in [1.82, 2.24) is 9.97 Å². The van der Waals surface area contributed by atoms with Crippen LogP contribution in [0.4, 0.5) is 0 Å². The van der Waals surface area contributed by atoms with Gasteiger partial charge in [-0.2, -0.15) is 0 Å². The highest BCUT2D eigenvalue weighted by molar-refractivity contribution is 8.00. The first kappa shape index (κ1) is 13.7. The predicted octanol–water partition coefficient (Wildman–Crippen LogP) is 4.05. The number of thioether (sulfide) groups is 1. The zero-order chi connectivity index (χ0) is 13.9. The van der Waals surface area contributed by atoms with Crippen LogP contribution in [-0.2, 0) is 0 Å². The van der Waals surface area contributed by atoms with Crippen LogP contribution in [0.1, 0.15) is 50.1 Å². The number of hydrogen-bond donors (Lipinski definition) is 1. The third-order valence-electron chi connectivity index (χ3n) is 3.97. The van der Waals surface area contributed by atoms with Gasteiger partial charge in [-0.3, -0.25) is 4.79 Å². The molecule has 1 aromatic heterocycles. The number of H-pyrrole nitrogens is 1. The Hall–Kier alpha value is -1.29. The average Bonchev–Trinajstić information content (AvgIpc) is 2.48. The third-order valence-corrected chi connectivity index (χ3v) is 5.45. The van der Waals surface area contributed by atoms with E-state index in [0.29, 0.717) is 5.39 Å². The number of para-hydroxylation sites is 1. The molecule has 3 nitrogen and oxygen atoms in total. The van der Waals surface area contributed by atoms with Gasteiger partial charge in [-0.25, -0.2) is 4.98 Å². The van der Waals surface area contributed by atoms with Crippen LogP contribution in [0.15, 0.2) is 29.1 Å². The molecule has 1 N–H and O–H groups in total. The van der Waals surface area contributed by atoms with E-state index < -0.39 is 0 Å². The molecular weight excluding hydrogens is 268 g/mol. The summed E-state index contributed by atoms with van der Waals surface area (Å²) < 4.78 is 0. The van der Waals surface area contributed by atoms with Crippen molar-refractivity contribution in [2.75, 3.05) is 0 Å².